The number of nitrogens with zero attached hydrogens (tertiary/aromatic N) is 8. The van der Waals surface area contributed by atoms with E-state index in [2.05, 4.69) is 24.8 Å². The molecule has 1 amide bonds. The Bertz CT molecular complexity index is 1110. The third kappa shape index (κ3) is 4.72. The maximum Gasteiger partial charge on any atom is 0.407 e. The Balaban J connectivity index is 1.65. The molecule has 3 aromatic heterocycles. The van der Waals surface area contributed by atoms with Gasteiger partial charge in [-0.2, -0.15) is 4.98 Å². The van der Waals surface area contributed by atoms with Crippen LogP contribution in [-0.2, 0) is 6.54 Å². The normalized spacial score (nSPS) is 18.4. The van der Waals surface area contributed by atoms with Gasteiger partial charge in [-0.3, -0.25) is 0 Å². The first kappa shape index (κ1) is 22.8. The second-order valence-electron chi connectivity index (χ2n) is 8.48. The Kier molecular flexibility index (Phi) is 6.68. The first-order valence-electron chi connectivity index (χ1n) is 11.2. The molecule has 0 aliphatic carbocycles. The Morgan fingerprint density at radius 1 is 1.24 bits per heavy atom. The van der Waals surface area contributed by atoms with Gasteiger partial charge in [-0.05, 0) is 47.3 Å². The number of rotatable bonds is 8. The zero-order valence-electron chi connectivity index (χ0n) is 19.5. The fraction of sp³-hybridized carbons (Fsp3) is 0.545. The van der Waals surface area contributed by atoms with Crippen molar-refractivity contribution in [1.82, 2.24) is 39.3 Å². The van der Waals surface area contributed by atoms with Crippen LogP contribution in [-0.4, -0.2) is 89.8 Å². The van der Waals surface area contributed by atoms with Crippen molar-refractivity contribution < 1.29 is 14.6 Å². The van der Waals surface area contributed by atoms with Crippen LogP contribution in [0.5, 0.6) is 5.88 Å². The Labute approximate surface area is 192 Å². The van der Waals surface area contributed by atoms with Gasteiger partial charge in [0.1, 0.15) is 24.1 Å². The number of ether oxygens (including phenoxy) is 1. The highest BCUT2D eigenvalue weighted by Gasteiger charge is 2.39. The summed E-state index contributed by atoms with van der Waals surface area (Å²) >= 11 is 0. The number of hydrogen-bond donors (Lipinski definition) is 1. The maximum atomic E-state index is 11.8. The quantitative estimate of drug-likeness (QED) is 0.547. The van der Waals surface area contributed by atoms with Gasteiger partial charge in [0.25, 0.3) is 0 Å². The molecule has 11 nitrogen and oxygen atoms in total. The minimum Gasteiger partial charge on any atom is -0.470 e. The number of aromatic nitrogens is 6. The zero-order valence-corrected chi connectivity index (χ0v) is 19.5. The lowest BCUT2D eigenvalue weighted by Gasteiger charge is -2.26. The summed E-state index contributed by atoms with van der Waals surface area (Å²) in [5.74, 6) is 1.75. The number of carbonyl (C=O) groups is 1. The molecule has 11 heteroatoms. The first-order chi connectivity index (χ1) is 15.9. The summed E-state index contributed by atoms with van der Waals surface area (Å²) in [7, 11) is 4.02. The average molecular weight is 455 g/mol. The number of likely N-dealkylation sites (tertiary alicyclic amines) is 1. The number of imidazole rings is 1. The van der Waals surface area contributed by atoms with Gasteiger partial charge in [-0.1, -0.05) is 0 Å². The standard InChI is InChI=1S/C22H30N8O3/c1-5-29-19(15-11-23-14(2)24-12-15)27-18-20(29)25-13-26-21(18)33-17-8-10-30(22(31)32)16(17)7-6-9-28(3)4/h11-13,16-17H,5-10H2,1-4H3,(H,31,32). The second-order valence-corrected chi connectivity index (χ2v) is 8.48. The van der Waals surface area contributed by atoms with Crippen LogP contribution >= 0.6 is 0 Å². The van der Waals surface area contributed by atoms with Crippen LogP contribution < -0.4 is 4.74 Å². The fourth-order valence-corrected chi connectivity index (χ4v) is 4.33. The minimum atomic E-state index is -0.916. The molecule has 1 aliphatic rings. The lowest BCUT2D eigenvalue weighted by Crippen LogP contribution is -2.41. The SMILES string of the molecule is CCn1c(-c2cnc(C)nc2)nc2c(OC3CCN(C(=O)O)C3CCCN(C)C)ncnc21. The monoisotopic (exact) mass is 454 g/mol. The van der Waals surface area contributed by atoms with Crippen LogP contribution in [0.1, 0.15) is 32.0 Å². The molecule has 1 saturated heterocycles. The van der Waals surface area contributed by atoms with E-state index >= 15 is 0 Å². The predicted molar refractivity (Wildman–Crippen MR) is 122 cm³/mol. The van der Waals surface area contributed by atoms with E-state index in [0.29, 0.717) is 48.2 Å². The predicted octanol–water partition coefficient (Wildman–Crippen LogP) is 2.45. The lowest BCUT2D eigenvalue weighted by molar-refractivity contribution is 0.104. The van der Waals surface area contributed by atoms with E-state index < -0.39 is 6.09 Å². The van der Waals surface area contributed by atoms with Crippen molar-refractivity contribution in [2.75, 3.05) is 27.2 Å². The lowest BCUT2D eigenvalue weighted by atomic mass is 10.1. The molecule has 2 atom stereocenters. The van der Waals surface area contributed by atoms with E-state index in [1.165, 1.54) is 11.2 Å². The van der Waals surface area contributed by atoms with Crippen LogP contribution in [0.3, 0.4) is 0 Å². The van der Waals surface area contributed by atoms with Crippen LogP contribution in [0.4, 0.5) is 4.79 Å². The van der Waals surface area contributed by atoms with E-state index in [4.69, 9.17) is 9.72 Å². The van der Waals surface area contributed by atoms with Crippen molar-refractivity contribution in [3.8, 4) is 17.3 Å². The van der Waals surface area contributed by atoms with Gasteiger partial charge >= 0.3 is 6.09 Å². The van der Waals surface area contributed by atoms with Crippen LogP contribution in [0, 0.1) is 6.92 Å². The minimum absolute atomic E-state index is 0.231. The Morgan fingerprint density at radius 3 is 2.67 bits per heavy atom. The highest BCUT2D eigenvalue weighted by atomic mass is 16.5. The highest BCUT2D eigenvalue weighted by Crippen LogP contribution is 2.31. The molecule has 0 radical (unpaired) electrons. The van der Waals surface area contributed by atoms with Crippen LogP contribution in [0.2, 0.25) is 0 Å². The van der Waals surface area contributed by atoms with Gasteiger partial charge in [0.15, 0.2) is 11.2 Å². The number of aryl methyl sites for hydroxylation is 2. The van der Waals surface area contributed by atoms with E-state index in [0.717, 1.165) is 24.9 Å². The van der Waals surface area contributed by atoms with Gasteiger partial charge in [0.2, 0.25) is 5.88 Å². The molecule has 2 unspecified atom stereocenters. The van der Waals surface area contributed by atoms with E-state index in [1.54, 1.807) is 12.4 Å². The fourth-order valence-electron chi connectivity index (χ4n) is 4.33. The van der Waals surface area contributed by atoms with E-state index in [-0.39, 0.29) is 12.1 Å². The third-order valence-corrected chi connectivity index (χ3v) is 5.95. The highest BCUT2D eigenvalue weighted by molar-refractivity contribution is 5.81. The van der Waals surface area contributed by atoms with E-state index in [9.17, 15) is 9.90 Å². The largest absolute Gasteiger partial charge is 0.470 e. The molecule has 1 aliphatic heterocycles. The summed E-state index contributed by atoms with van der Waals surface area (Å²) < 4.78 is 8.31. The number of hydrogen-bond acceptors (Lipinski definition) is 8. The third-order valence-electron chi connectivity index (χ3n) is 5.95. The topological polar surface area (TPSA) is 122 Å². The molecule has 0 spiro atoms. The number of carboxylic acid groups (broad SMARTS) is 1. The van der Waals surface area contributed by atoms with Crippen LogP contribution in [0.15, 0.2) is 18.7 Å². The van der Waals surface area contributed by atoms with Gasteiger partial charge in [-0.15, -0.1) is 0 Å². The molecule has 33 heavy (non-hydrogen) atoms. The Hall–Kier alpha value is -3.34. The van der Waals surface area contributed by atoms with Crippen molar-refractivity contribution in [1.29, 1.82) is 0 Å². The first-order valence-corrected chi connectivity index (χ1v) is 11.2. The molecule has 3 aromatic rings. The Morgan fingerprint density at radius 2 is 2.00 bits per heavy atom. The molecule has 0 bridgehead atoms. The van der Waals surface area contributed by atoms with Crippen LogP contribution in [0.25, 0.3) is 22.6 Å². The summed E-state index contributed by atoms with van der Waals surface area (Å²) in [6.45, 7) is 5.83. The van der Waals surface area contributed by atoms with Crippen molar-refractivity contribution in [3.63, 3.8) is 0 Å². The summed E-state index contributed by atoms with van der Waals surface area (Å²) in [5.41, 5.74) is 2.00. The molecule has 0 saturated carbocycles. The smallest absolute Gasteiger partial charge is 0.407 e. The van der Waals surface area contributed by atoms with Crippen molar-refractivity contribution in [2.45, 2.75) is 51.8 Å². The summed E-state index contributed by atoms with van der Waals surface area (Å²) in [4.78, 5) is 37.5. The van der Waals surface area contributed by atoms with Gasteiger partial charge < -0.3 is 24.2 Å². The van der Waals surface area contributed by atoms with Crippen molar-refractivity contribution in [2.24, 2.45) is 0 Å². The van der Waals surface area contributed by atoms with E-state index in [1.807, 2.05) is 32.5 Å². The number of amides is 1. The summed E-state index contributed by atoms with van der Waals surface area (Å²) in [6, 6.07) is -0.231. The maximum absolute atomic E-state index is 11.8. The molecule has 0 aromatic carbocycles. The molecule has 4 heterocycles. The van der Waals surface area contributed by atoms with Gasteiger partial charge in [-0.25, -0.2) is 24.7 Å². The summed E-state index contributed by atoms with van der Waals surface area (Å²) in [5, 5.41) is 9.67. The number of fused-ring (bicyclic) bond motifs is 1. The molecule has 1 N–H and O–H groups in total. The van der Waals surface area contributed by atoms with Crippen molar-refractivity contribution in [3.05, 3.63) is 24.5 Å². The zero-order chi connectivity index (χ0) is 23.5. The van der Waals surface area contributed by atoms with Gasteiger partial charge in [0, 0.05) is 31.9 Å². The average Bonchev–Trinajstić information content (AvgIpc) is 3.36. The molecular weight excluding hydrogens is 424 g/mol. The second kappa shape index (κ2) is 9.65. The molecular formula is C22H30N8O3. The van der Waals surface area contributed by atoms with Gasteiger partial charge in [0.05, 0.1) is 11.6 Å². The molecule has 176 valence electrons. The van der Waals surface area contributed by atoms with Crippen molar-refractivity contribution >= 4 is 17.3 Å². The molecule has 1 fully saturated rings. The summed E-state index contributed by atoms with van der Waals surface area (Å²) in [6.07, 6.45) is 5.95. The molecule has 4 rings (SSSR count).